The summed E-state index contributed by atoms with van der Waals surface area (Å²) in [5.41, 5.74) is 0.162. The molecule has 2 saturated heterocycles. The second kappa shape index (κ2) is 7.70. The maximum atomic E-state index is 5.93. The third-order valence-corrected chi connectivity index (χ3v) is 4.61. The second-order valence-corrected chi connectivity index (χ2v) is 7.26. The van der Waals surface area contributed by atoms with Crippen molar-refractivity contribution in [1.29, 1.82) is 0 Å². The number of ether oxygens (including phenoxy) is 2. The highest BCUT2D eigenvalue weighted by atomic mass is 16.5. The Morgan fingerprint density at radius 2 is 2.05 bits per heavy atom. The van der Waals surface area contributed by atoms with Gasteiger partial charge in [0.05, 0.1) is 5.60 Å². The van der Waals surface area contributed by atoms with Gasteiger partial charge < -0.3 is 14.4 Å². The molecule has 2 aliphatic heterocycles. The summed E-state index contributed by atoms with van der Waals surface area (Å²) >= 11 is 0. The van der Waals surface area contributed by atoms with Crippen LogP contribution in [0.5, 0.6) is 0 Å². The lowest BCUT2D eigenvalue weighted by molar-refractivity contribution is -0.0897. The van der Waals surface area contributed by atoms with Crippen molar-refractivity contribution in [3.05, 3.63) is 0 Å². The Balaban J connectivity index is 1.98. The van der Waals surface area contributed by atoms with Gasteiger partial charge in [-0.1, -0.05) is 0 Å². The first kappa shape index (κ1) is 16.9. The molecule has 0 saturated carbocycles. The molecule has 0 bridgehead atoms. The number of likely N-dealkylation sites (tertiary alicyclic amines) is 1. The van der Waals surface area contributed by atoms with Crippen molar-refractivity contribution < 1.29 is 9.47 Å². The molecule has 2 fully saturated rings. The van der Waals surface area contributed by atoms with Crippen molar-refractivity contribution in [2.45, 2.75) is 51.6 Å². The van der Waals surface area contributed by atoms with Gasteiger partial charge in [0.25, 0.3) is 0 Å². The SMILES string of the molecule is COCCCN=C[C@@]1(CN2CCCC2)CCOC(C)(C)C1. The van der Waals surface area contributed by atoms with E-state index in [0.29, 0.717) is 0 Å². The smallest absolute Gasteiger partial charge is 0.0635 e. The first-order valence-corrected chi connectivity index (χ1v) is 8.42. The van der Waals surface area contributed by atoms with Crippen molar-refractivity contribution in [1.82, 2.24) is 4.90 Å². The Morgan fingerprint density at radius 1 is 1.29 bits per heavy atom. The zero-order valence-corrected chi connectivity index (χ0v) is 14.1. The first-order chi connectivity index (χ1) is 10.1. The number of rotatable bonds is 7. The number of nitrogens with zero attached hydrogens (tertiary/aromatic N) is 2. The Hall–Kier alpha value is -0.450. The van der Waals surface area contributed by atoms with E-state index in [9.17, 15) is 0 Å². The first-order valence-electron chi connectivity index (χ1n) is 8.42. The molecule has 2 heterocycles. The normalized spacial score (nSPS) is 30.2. The van der Waals surface area contributed by atoms with Gasteiger partial charge in [-0.2, -0.15) is 0 Å². The van der Waals surface area contributed by atoms with E-state index in [1.807, 2.05) is 0 Å². The molecule has 0 unspecified atom stereocenters. The molecule has 0 aromatic rings. The highest BCUT2D eigenvalue weighted by molar-refractivity contribution is 5.66. The molecule has 0 aromatic carbocycles. The molecule has 1 atom stereocenters. The van der Waals surface area contributed by atoms with Crippen LogP contribution in [0.25, 0.3) is 0 Å². The predicted octanol–water partition coefficient (Wildman–Crippen LogP) is 2.76. The predicted molar refractivity (Wildman–Crippen MR) is 87.2 cm³/mol. The van der Waals surface area contributed by atoms with Crippen LogP contribution >= 0.6 is 0 Å². The third-order valence-electron chi connectivity index (χ3n) is 4.61. The molecule has 0 spiro atoms. The maximum Gasteiger partial charge on any atom is 0.0635 e. The molecule has 0 aromatic heterocycles. The van der Waals surface area contributed by atoms with Gasteiger partial charge in [0.1, 0.15) is 0 Å². The molecule has 4 nitrogen and oxygen atoms in total. The topological polar surface area (TPSA) is 34.1 Å². The van der Waals surface area contributed by atoms with Crippen LogP contribution in [0.1, 0.15) is 46.0 Å². The van der Waals surface area contributed by atoms with Gasteiger partial charge in [-0.25, -0.2) is 0 Å². The van der Waals surface area contributed by atoms with Gasteiger partial charge in [-0.3, -0.25) is 4.99 Å². The van der Waals surface area contributed by atoms with E-state index in [-0.39, 0.29) is 11.0 Å². The van der Waals surface area contributed by atoms with Crippen LogP contribution in [0.2, 0.25) is 0 Å². The summed E-state index contributed by atoms with van der Waals surface area (Å²) in [4.78, 5) is 7.34. The summed E-state index contributed by atoms with van der Waals surface area (Å²) in [5.74, 6) is 0. The molecular weight excluding hydrogens is 264 g/mol. The van der Waals surface area contributed by atoms with Crippen LogP contribution in [-0.2, 0) is 9.47 Å². The van der Waals surface area contributed by atoms with Crippen molar-refractivity contribution in [3.63, 3.8) is 0 Å². The van der Waals surface area contributed by atoms with Crippen molar-refractivity contribution in [3.8, 4) is 0 Å². The van der Waals surface area contributed by atoms with E-state index in [4.69, 9.17) is 14.5 Å². The second-order valence-electron chi connectivity index (χ2n) is 7.26. The van der Waals surface area contributed by atoms with E-state index in [1.54, 1.807) is 7.11 Å². The number of aliphatic imine (C=N–C) groups is 1. The summed E-state index contributed by atoms with van der Waals surface area (Å²) in [5, 5.41) is 0. The van der Waals surface area contributed by atoms with Gasteiger partial charge in [-0.05, 0) is 59.0 Å². The number of hydrogen-bond donors (Lipinski definition) is 0. The van der Waals surface area contributed by atoms with Crippen LogP contribution in [0.4, 0.5) is 0 Å². The summed E-state index contributed by atoms with van der Waals surface area (Å²) in [6.45, 7) is 10.6. The quantitative estimate of drug-likeness (QED) is 0.535. The molecule has 2 aliphatic rings. The summed E-state index contributed by atoms with van der Waals surface area (Å²) < 4.78 is 11.0. The fraction of sp³-hybridized carbons (Fsp3) is 0.941. The summed E-state index contributed by atoms with van der Waals surface area (Å²) in [6.07, 6.45) is 8.13. The molecule has 2 rings (SSSR count). The molecule has 122 valence electrons. The standard InChI is InChI=1S/C17H32N2O2/c1-16(2)13-17(7-12-21-16,14-18-8-6-11-20-3)15-19-9-4-5-10-19/h14H,4-13,15H2,1-3H3/t17-/m1/s1. The lowest BCUT2D eigenvalue weighted by Gasteiger charge is -2.44. The van der Waals surface area contributed by atoms with Crippen molar-refractivity contribution in [2.24, 2.45) is 10.4 Å². The van der Waals surface area contributed by atoms with Gasteiger partial charge in [0, 0.05) is 45.0 Å². The Kier molecular flexibility index (Phi) is 6.20. The minimum absolute atomic E-state index is 0.0312. The van der Waals surface area contributed by atoms with E-state index in [0.717, 1.165) is 45.6 Å². The van der Waals surface area contributed by atoms with Crippen molar-refractivity contribution >= 4 is 6.21 Å². The van der Waals surface area contributed by atoms with E-state index >= 15 is 0 Å². The van der Waals surface area contributed by atoms with Crippen LogP contribution in [-0.4, -0.2) is 63.2 Å². The van der Waals surface area contributed by atoms with E-state index in [2.05, 4.69) is 25.0 Å². The third kappa shape index (κ3) is 5.35. The van der Waals surface area contributed by atoms with E-state index < -0.39 is 0 Å². The number of hydrogen-bond acceptors (Lipinski definition) is 4. The molecule has 0 amide bonds. The van der Waals surface area contributed by atoms with Crippen LogP contribution < -0.4 is 0 Å². The van der Waals surface area contributed by atoms with Crippen molar-refractivity contribution in [2.75, 3.05) is 46.5 Å². The minimum Gasteiger partial charge on any atom is -0.385 e. The molecule has 0 aliphatic carbocycles. The molecule has 0 radical (unpaired) electrons. The fourth-order valence-electron chi connectivity index (χ4n) is 3.75. The minimum atomic E-state index is -0.0312. The average molecular weight is 296 g/mol. The van der Waals surface area contributed by atoms with Gasteiger partial charge in [0.15, 0.2) is 0 Å². The zero-order chi connectivity index (χ0) is 15.2. The molecule has 0 N–H and O–H groups in total. The summed E-state index contributed by atoms with van der Waals surface area (Å²) in [6, 6.07) is 0. The van der Waals surface area contributed by atoms with Gasteiger partial charge in [0.2, 0.25) is 0 Å². The molecule has 4 heteroatoms. The van der Waals surface area contributed by atoms with Crippen LogP contribution in [0.15, 0.2) is 4.99 Å². The van der Waals surface area contributed by atoms with Crippen LogP contribution in [0, 0.1) is 5.41 Å². The number of methoxy groups -OCH3 is 1. The Bertz CT molecular complexity index is 338. The zero-order valence-electron chi connectivity index (χ0n) is 14.1. The Morgan fingerprint density at radius 3 is 2.71 bits per heavy atom. The lowest BCUT2D eigenvalue weighted by atomic mass is 9.74. The molecule has 21 heavy (non-hydrogen) atoms. The molecular formula is C17H32N2O2. The van der Waals surface area contributed by atoms with E-state index in [1.165, 1.54) is 25.9 Å². The largest absolute Gasteiger partial charge is 0.385 e. The monoisotopic (exact) mass is 296 g/mol. The average Bonchev–Trinajstić information content (AvgIpc) is 2.90. The fourth-order valence-corrected chi connectivity index (χ4v) is 3.75. The Labute approximate surface area is 129 Å². The highest BCUT2D eigenvalue weighted by Gasteiger charge is 2.41. The highest BCUT2D eigenvalue weighted by Crippen LogP contribution is 2.38. The summed E-state index contributed by atoms with van der Waals surface area (Å²) in [7, 11) is 1.75. The van der Waals surface area contributed by atoms with Gasteiger partial charge in [-0.15, -0.1) is 0 Å². The lowest BCUT2D eigenvalue weighted by Crippen LogP contribution is -2.48. The maximum absolute atomic E-state index is 5.93. The van der Waals surface area contributed by atoms with Gasteiger partial charge >= 0.3 is 0 Å². The van der Waals surface area contributed by atoms with Crippen LogP contribution in [0.3, 0.4) is 0 Å².